The maximum atomic E-state index is 12.6. The van der Waals surface area contributed by atoms with Gasteiger partial charge in [-0.3, -0.25) is 9.78 Å². The third-order valence-corrected chi connectivity index (χ3v) is 8.67. The number of amides is 1. The van der Waals surface area contributed by atoms with Crippen LogP contribution in [0.25, 0.3) is 0 Å². The van der Waals surface area contributed by atoms with Gasteiger partial charge in [0.05, 0.1) is 19.0 Å². The molecule has 0 bridgehead atoms. The fourth-order valence-electron chi connectivity index (χ4n) is 4.17. The third-order valence-electron chi connectivity index (χ3n) is 6.06. The number of ether oxygens (including phenoxy) is 1. The van der Waals surface area contributed by atoms with E-state index in [0.717, 1.165) is 12.0 Å². The summed E-state index contributed by atoms with van der Waals surface area (Å²) in [6, 6.07) is 3.79. The molecule has 1 aromatic rings. The van der Waals surface area contributed by atoms with Crippen molar-refractivity contribution < 1.29 is 17.9 Å². The molecule has 2 aliphatic heterocycles. The summed E-state index contributed by atoms with van der Waals surface area (Å²) in [5, 5.41) is 0. The van der Waals surface area contributed by atoms with Crippen molar-refractivity contribution in [2.45, 2.75) is 31.1 Å². The van der Waals surface area contributed by atoms with Gasteiger partial charge in [0.1, 0.15) is 4.75 Å². The Hall–Kier alpha value is -1.47. The van der Waals surface area contributed by atoms with Gasteiger partial charge in [0.2, 0.25) is 5.91 Å². The van der Waals surface area contributed by atoms with Crippen LogP contribution in [0, 0.1) is 17.8 Å². The summed E-state index contributed by atoms with van der Waals surface area (Å²) < 4.78 is 30.3. The molecular weight excluding hydrogens is 340 g/mol. The van der Waals surface area contributed by atoms with Gasteiger partial charge in [-0.1, -0.05) is 13.0 Å². The number of sulfone groups is 1. The van der Waals surface area contributed by atoms with E-state index in [1.807, 2.05) is 12.1 Å². The Labute approximate surface area is 148 Å². The largest absolute Gasteiger partial charge is 0.376 e. The number of hydrogen-bond donors (Lipinski definition) is 0. The lowest BCUT2D eigenvalue weighted by atomic mass is 9.83. The molecule has 1 amide bonds. The van der Waals surface area contributed by atoms with Crippen LogP contribution >= 0.6 is 0 Å². The first kappa shape index (κ1) is 17.0. The van der Waals surface area contributed by atoms with E-state index in [1.54, 1.807) is 17.3 Å². The van der Waals surface area contributed by atoms with E-state index in [0.29, 0.717) is 38.6 Å². The number of likely N-dealkylation sites (tertiary alicyclic amines) is 1. The van der Waals surface area contributed by atoms with E-state index < -0.39 is 14.6 Å². The van der Waals surface area contributed by atoms with Gasteiger partial charge in [0.15, 0.2) is 9.84 Å². The zero-order valence-electron chi connectivity index (χ0n) is 14.4. The highest BCUT2D eigenvalue weighted by molar-refractivity contribution is 7.93. The Morgan fingerprint density at radius 3 is 2.84 bits per heavy atom. The van der Waals surface area contributed by atoms with Crippen molar-refractivity contribution in [1.82, 2.24) is 9.88 Å². The molecule has 1 aliphatic carbocycles. The van der Waals surface area contributed by atoms with E-state index in [9.17, 15) is 13.2 Å². The number of hydrogen-bond acceptors (Lipinski definition) is 5. The number of carbonyl (C=O) groups excluding carboxylic acids is 1. The molecule has 25 heavy (non-hydrogen) atoms. The van der Waals surface area contributed by atoms with Gasteiger partial charge in [0, 0.05) is 37.3 Å². The molecule has 1 spiro atoms. The molecule has 136 valence electrons. The van der Waals surface area contributed by atoms with Crippen LogP contribution < -0.4 is 0 Å². The number of carbonyl (C=O) groups is 1. The number of nitrogens with zero attached hydrogens (tertiary/aromatic N) is 2. The summed E-state index contributed by atoms with van der Waals surface area (Å²) >= 11 is 0. The maximum Gasteiger partial charge on any atom is 0.226 e. The van der Waals surface area contributed by atoms with E-state index in [4.69, 9.17) is 4.74 Å². The van der Waals surface area contributed by atoms with Crippen molar-refractivity contribution >= 4 is 15.7 Å². The van der Waals surface area contributed by atoms with Crippen molar-refractivity contribution in [2.75, 3.05) is 25.4 Å². The predicted octanol–water partition coefficient (Wildman–Crippen LogP) is 1.27. The molecule has 0 N–H and O–H groups in total. The van der Waals surface area contributed by atoms with Gasteiger partial charge in [-0.05, 0) is 30.4 Å². The minimum Gasteiger partial charge on any atom is -0.376 e. The first-order valence-electron chi connectivity index (χ1n) is 8.91. The topological polar surface area (TPSA) is 76.6 Å². The fraction of sp³-hybridized carbons (Fsp3) is 0.667. The summed E-state index contributed by atoms with van der Waals surface area (Å²) in [6.45, 7) is 3.61. The molecule has 2 saturated heterocycles. The second-order valence-electron chi connectivity index (χ2n) is 7.76. The van der Waals surface area contributed by atoms with Gasteiger partial charge in [0.25, 0.3) is 0 Å². The molecular formula is C18H24N2O4S. The fourth-order valence-corrected chi connectivity index (χ4v) is 6.57. The molecule has 3 fully saturated rings. The zero-order valence-corrected chi connectivity index (χ0v) is 15.2. The Morgan fingerprint density at radius 1 is 1.44 bits per heavy atom. The molecule has 3 atom stereocenters. The van der Waals surface area contributed by atoms with Gasteiger partial charge < -0.3 is 9.64 Å². The minimum absolute atomic E-state index is 0.0325. The first-order chi connectivity index (χ1) is 11.9. The zero-order chi connectivity index (χ0) is 17.7. The lowest BCUT2D eigenvalue weighted by Crippen LogP contribution is -2.69. The molecule has 7 heteroatoms. The lowest BCUT2D eigenvalue weighted by molar-refractivity contribution is -0.139. The predicted molar refractivity (Wildman–Crippen MR) is 92.4 cm³/mol. The Kier molecular flexibility index (Phi) is 4.11. The summed E-state index contributed by atoms with van der Waals surface area (Å²) in [5.41, 5.74) is 0.977. The quantitative estimate of drug-likeness (QED) is 0.786. The molecule has 0 aromatic carbocycles. The standard InChI is InChI=1S/C18H24N2O4S/c1-13-7-16(13)17(21)20-11-18(12-20)15(4-6-25(18,22)23)10-24-9-14-3-2-5-19-8-14/h2-3,5,8,13,15-16H,4,6-7,9-12H2,1H3/t13-,15-,16-/m1/s1. The second-order valence-corrected chi connectivity index (χ2v) is 10.2. The SMILES string of the molecule is C[C@@H]1C[C@H]1C(=O)N1CC2(C1)[C@@H](COCc1cccnc1)CCS2(=O)=O. The number of pyridine rings is 1. The molecule has 1 aromatic heterocycles. The average molecular weight is 364 g/mol. The van der Waals surface area contributed by atoms with Gasteiger partial charge >= 0.3 is 0 Å². The summed E-state index contributed by atoms with van der Waals surface area (Å²) in [5.74, 6) is 0.866. The van der Waals surface area contributed by atoms with Crippen LogP contribution in [0.2, 0.25) is 0 Å². The molecule has 6 nitrogen and oxygen atoms in total. The molecule has 1 saturated carbocycles. The van der Waals surface area contributed by atoms with Crippen LogP contribution in [-0.4, -0.2) is 54.4 Å². The van der Waals surface area contributed by atoms with E-state index in [-0.39, 0.29) is 23.5 Å². The normalized spacial score (nSPS) is 31.7. The highest BCUT2D eigenvalue weighted by Gasteiger charge is 2.63. The first-order valence-corrected chi connectivity index (χ1v) is 10.6. The molecule has 4 rings (SSSR count). The monoisotopic (exact) mass is 364 g/mol. The van der Waals surface area contributed by atoms with Gasteiger partial charge in [-0.2, -0.15) is 0 Å². The van der Waals surface area contributed by atoms with Crippen LogP contribution in [0.1, 0.15) is 25.3 Å². The highest BCUT2D eigenvalue weighted by Crippen LogP contribution is 2.47. The molecule has 3 aliphatic rings. The van der Waals surface area contributed by atoms with Crippen LogP contribution in [-0.2, 0) is 26.0 Å². The Bertz CT molecular complexity index is 759. The van der Waals surface area contributed by atoms with Gasteiger partial charge in [-0.25, -0.2) is 8.42 Å². The van der Waals surface area contributed by atoms with Crippen LogP contribution in [0.15, 0.2) is 24.5 Å². The van der Waals surface area contributed by atoms with E-state index in [1.165, 1.54) is 0 Å². The molecule has 3 heterocycles. The van der Waals surface area contributed by atoms with Crippen LogP contribution in [0.4, 0.5) is 0 Å². The van der Waals surface area contributed by atoms with Crippen LogP contribution in [0.3, 0.4) is 0 Å². The van der Waals surface area contributed by atoms with Crippen molar-refractivity contribution in [3.63, 3.8) is 0 Å². The summed E-state index contributed by atoms with van der Waals surface area (Å²) in [7, 11) is -3.17. The number of aromatic nitrogens is 1. The number of rotatable bonds is 5. The van der Waals surface area contributed by atoms with Crippen molar-refractivity contribution in [2.24, 2.45) is 17.8 Å². The van der Waals surface area contributed by atoms with Crippen LogP contribution in [0.5, 0.6) is 0 Å². The smallest absolute Gasteiger partial charge is 0.226 e. The Balaban J connectivity index is 1.38. The highest BCUT2D eigenvalue weighted by atomic mass is 32.2. The third kappa shape index (κ3) is 2.87. The van der Waals surface area contributed by atoms with Crippen molar-refractivity contribution in [1.29, 1.82) is 0 Å². The lowest BCUT2D eigenvalue weighted by Gasteiger charge is -2.50. The van der Waals surface area contributed by atoms with E-state index >= 15 is 0 Å². The van der Waals surface area contributed by atoms with Crippen molar-refractivity contribution in [3.05, 3.63) is 30.1 Å². The van der Waals surface area contributed by atoms with E-state index in [2.05, 4.69) is 11.9 Å². The minimum atomic E-state index is -3.17. The van der Waals surface area contributed by atoms with Gasteiger partial charge in [-0.15, -0.1) is 0 Å². The molecule has 0 unspecified atom stereocenters. The summed E-state index contributed by atoms with van der Waals surface area (Å²) in [4.78, 5) is 18.1. The summed E-state index contributed by atoms with van der Waals surface area (Å²) in [6.07, 6.45) is 5.02. The molecule has 0 radical (unpaired) electrons. The van der Waals surface area contributed by atoms with Crippen molar-refractivity contribution in [3.8, 4) is 0 Å². The Morgan fingerprint density at radius 2 is 2.20 bits per heavy atom. The maximum absolute atomic E-state index is 12.6. The average Bonchev–Trinajstić information content (AvgIpc) is 3.21. The second kappa shape index (κ2) is 6.06.